The second-order valence-corrected chi connectivity index (χ2v) is 5.02. The Bertz CT molecular complexity index is 967. The summed E-state index contributed by atoms with van der Waals surface area (Å²) in [4.78, 5) is 24.6. The number of rotatable bonds is 5. The van der Waals surface area contributed by atoms with Crippen molar-refractivity contribution in [1.82, 2.24) is 9.38 Å². The van der Waals surface area contributed by atoms with E-state index in [4.69, 9.17) is 4.74 Å². The van der Waals surface area contributed by atoms with Crippen LogP contribution in [0.4, 0.5) is 5.69 Å². The molecule has 0 aliphatic carbocycles. The van der Waals surface area contributed by atoms with Gasteiger partial charge in [0.2, 0.25) is 0 Å². The highest BCUT2D eigenvalue weighted by atomic mass is 16.5. The Morgan fingerprint density at radius 1 is 1.24 bits per heavy atom. The molecule has 0 atom stereocenters. The molecule has 0 saturated carbocycles. The Balaban J connectivity index is 1.97. The number of hydrogen-bond acceptors (Lipinski definition) is 5. The lowest BCUT2D eigenvalue weighted by atomic mass is 10.3. The number of fused-ring (bicyclic) bond motifs is 1. The lowest BCUT2D eigenvalue weighted by Gasteiger charge is -2.01. The lowest BCUT2D eigenvalue weighted by molar-refractivity contribution is -0.138. The minimum atomic E-state index is -0.538. The van der Waals surface area contributed by atoms with Crippen LogP contribution in [0.2, 0.25) is 0 Å². The molecular formula is C19H16N4O2. The first-order valence-corrected chi connectivity index (χ1v) is 7.80. The van der Waals surface area contributed by atoms with Crippen LogP contribution >= 0.6 is 0 Å². The minimum absolute atomic E-state index is 0.104. The molecule has 2 heterocycles. The maximum Gasteiger partial charge on any atom is 0.357 e. The van der Waals surface area contributed by atoms with Crippen LogP contribution in [-0.4, -0.2) is 28.0 Å². The molecule has 6 nitrogen and oxygen atoms in total. The maximum atomic E-state index is 12.2. The van der Waals surface area contributed by atoms with E-state index in [-0.39, 0.29) is 12.3 Å². The summed E-state index contributed by atoms with van der Waals surface area (Å²) >= 11 is 0. The number of carbonyl (C=O) groups is 1. The zero-order chi connectivity index (χ0) is 17.5. The largest absolute Gasteiger partial charge is 0.461 e. The first-order chi connectivity index (χ1) is 12.3. The molecule has 0 aliphatic heterocycles. The van der Waals surface area contributed by atoms with Gasteiger partial charge in [0.25, 0.3) is 0 Å². The minimum Gasteiger partial charge on any atom is -0.461 e. The van der Waals surface area contributed by atoms with Crippen molar-refractivity contribution in [3.05, 3.63) is 72.3 Å². The van der Waals surface area contributed by atoms with Gasteiger partial charge in [-0.1, -0.05) is 24.3 Å². The van der Waals surface area contributed by atoms with Crippen molar-refractivity contribution >= 4 is 29.4 Å². The average Bonchev–Trinajstić information content (AvgIpc) is 3.05. The van der Waals surface area contributed by atoms with Gasteiger partial charge in [0.05, 0.1) is 24.2 Å². The van der Waals surface area contributed by atoms with Crippen molar-refractivity contribution in [1.29, 1.82) is 0 Å². The summed E-state index contributed by atoms with van der Waals surface area (Å²) in [6, 6.07) is 17.5. The van der Waals surface area contributed by atoms with Crippen molar-refractivity contribution in [3.63, 3.8) is 0 Å². The SMILES string of the molecule is CCOC(=O)/C(=C/c1cnc2ccccn12)N=C=Nc1ccccc1. The van der Waals surface area contributed by atoms with Gasteiger partial charge < -0.3 is 9.14 Å². The summed E-state index contributed by atoms with van der Waals surface area (Å²) in [7, 11) is 0. The van der Waals surface area contributed by atoms with Crippen molar-refractivity contribution < 1.29 is 9.53 Å². The normalized spacial score (nSPS) is 11.0. The molecule has 0 N–H and O–H groups in total. The van der Waals surface area contributed by atoms with Gasteiger partial charge in [0.1, 0.15) is 11.7 Å². The molecule has 25 heavy (non-hydrogen) atoms. The van der Waals surface area contributed by atoms with Crippen LogP contribution in [0.1, 0.15) is 12.6 Å². The molecule has 0 radical (unpaired) electrons. The number of nitrogens with zero attached hydrogens (tertiary/aromatic N) is 4. The first-order valence-electron chi connectivity index (χ1n) is 7.80. The smallest absolute Gasteiger partial charge is 0.357 e. The standard InChI is InChI=1S/C19H16N4O2/c1-2-25-19(24)17(22-14-21-15-8-4-3-5-9-15)12-16-13-20-18-10-6-7-11-23(16)18/h3-13H,2H2,1H3/b17-12-. The zero-order valence-corrected chi connectivity index (χ0v) is 13.7. The lowest BCUT2D eigenvalue weighted by Crippen LogP contribution is -2.06. The third-order valence-corrected chi connectivity index (χ3v) is 3.32. The number of para-hydroxylation sites is 1. The summed E-state index contributed by atoms with van der Waals surface area (Å²) in [5, 5.41) is 0. The van der Waals surface area contributed by atoms with Crippen molar-refractivity contribution in [3.8, 4) is 0 Å². The van der Waals surface area contributed by atoms with E-state index in [2.05, 4.69) is 21.0 Å². The highest BCUT2D eigenvalue weighted by Gasteiger charge is 2.11. The van der Waals surface area contributed by atoms with Crippen LogP contribution in [0, 0.1) is 0 Å². The third-order valence-electron chi connectivity index (χ3n) is 3.32. The number of imidazole rings is 1. The molecule has 0 aliphatic rings. The van der Waals surface area contributed by atoms with E-state index in [0.717, 1.165) is 5.65 Å². The number of hydrogen-bond donors (Lipinski definition) is 0. The van der Waals surface area contributed by atoms with Crippen LogP contribution in [0.15, 0.2) is 76.6 Å². The molecule has 3 aromatic rings. The molecule has 0 fully saturated rings. The van der Waals surface area contributed by atoms with E-state index < -0.39 is 5.97 Å². The summed E-state index contributed by atoms with van der Waals surface area (Å²) in [5.41, 5.74) is 2.29. The van der Waals surface area contributed by atoms with Gasteiger partial charge in [-0.25, -0.2) is 9.78 Å². The van der Waals surface area contributed by atoms with Crippen molar-refractivity contribution in [2.45, 2.75) is 6.92 Å². The van der Waals surface area contributed by atoms with E-state index in [1.807, 2.05) is 59.1 Å². The molecule has 0 spiro atoms. The Hall–Kier alpha value is -3.50. The van der Waals surface area contributed by atoms with Gasteiger partial charge in [-0.15, -0.1) is 0 Å². The average molecular weight is 332 g/mol. The van der Waals surface area contributed by atoms with Crippen LogP contribution < -0.4 is 0 Å². The van der Waals surface area contributed by atoms with Gasteiger partial charge >= 0.3 is 5.97 Å². The molecular weight excluding hydrogens is 316 g/mol. The molecule has 0 bridgehead atoms. The van der Waals surface area contributed by atoms with Gasteiger partial charge in [-0.05, 0) is 37.3 Å². The molecule has 3 rings (SSSR count). The van der Waals surface area contributed by atoms with E-state index in [1.165, 1.54) is 0 Å². The van der Waals surface area contributed by atoms with Crippen LogP contribution in [0.3, 0.4) is 0 Å². The summed E-state index contributed by atoms with van der Waals surface area (Å²) < 4.78 is 6.91. The second kappa shape index (κ2) is 7.86. The number of aliphatic imine (C=N–C) groups is 2. The highest BCUT2D eigenvalue weighted by molar-refractivity contribution is 5.94. The van der Waals surface area contributed by atoms with Crippen LogP contribution in [-0.2, 0) is 9.53 Å². The summed E-state index contributed by atoms with van der Waals surface area (Å²) in [6.07, 6.45) is 5.13. The number of esters is 1. The predicted molar refractivity (Wildman–Crippen MR) is 95.8 cm³/mol. The molecule has 124 valence electrons. The van der Waals surface area contributed by atoms with Gasteiger partial charge in [-0.3, -0.25) is 0 Å². The van der Waals surface area contributed by atoms with E-state index in [9.17, 15) is 4.79 Å². The molecule has 0 saturated heterocycles. The first kappa shape index (κ1) is 16.4. The molecule has 6 heteroatoms. The maximum absolute atomic E-state index is 12.2. The predicted octanol–water partition coefficient (Wildman–Crippen LogP) is 3.74. The van der Waals surface area contributed by atoms with Gasteiger partial charge in [0.15, 0.2) is 5.70 Å². The van der Waals surface area contributed by atoms with E-state index in [0.29, 0.717) is 11.4 Å². The molecule has 0 unspecified atom stereocenters. The van der Waals surface area contributed by atoms with Crippen molar-refractivity contribution in [2.75, 3.05) is 6.61 Å². The van der Waals surface area contributed by atoms with Crippen molar-refractivity contribution in [2.24, 2.45) is 9.98 Å². The summed E-state index contributed by atoms with van der Waals surface area (Å²) in [5.74, 6) is -0.538. The van der Waals surface area contributed by atoms with E-state index in [1.54, 1.807) is 19.2 Å². The quantitative estimate of drug-likeness (QED) is 0.406. The Morgan fingerprint density at radius 2 is 2.04 bits per heavy atom. The highest BCUT2D eigenvalue weighted by Crippen LogP contribution is 2.13. The van der Waals surface area contributed by atoms with Crippen LogP contribution in [0.25, 0.3) is 11.7 Å². The Morgan fingerprint density at radius 3 is 2.84 bits per heavy atom. The number of benzene rings is 1. The number of pyridine rings is 1. The monoisotopic (exact) mass is 332 g/mol. The molecule has 1 aromatic carbocycles. The summed E-state index contributed by atoms with van der Waals surface area (Å²) in [6.45, 7) is 2.00. The Labute approximate surface area is 144 Å². The van der Waals surface area contributed by atoms with Gasteiger partial charge in [-0.2, -0.15) is 9.98 Å². The fourth-order valence-corrected chi connectivity index (χ4v) is 2.18. The number of carbonyl (C=O) groups excluding carboxylic acids is 1. The zero-order valence-electron chi connectivity index (χ0n) is 13.7. The topological polar surface area (TPSA) is 68.3 Å². The third kappa shape index (κ3) is 4.07. The number of aromatic nitrogens is 2. The molecule has 0 amide bonds. The Kier molecular flexibility index (Phi) is 5.14. The second-order valence-electron chi connectivity index (χ2n) is 5.02. The van der Waals surface area contributed by atoms with E-state index >= 15 is 0 Å². The fourth-order valence-electron chi connectivity index (χ4n) is 2.18. The van der Waals surface area contributed by atoms with Gasteiger partial charge in [0, 0.05) is 6.20 Å². The fraction of sp³-hybridized carbons (Fsp3) is 0.105. The molecule has 2 aromatic heterocycles. The number of ether oxygens (including phenoxy) is 1. The van der Waals surface area contributed by atoms with Crippen LogP contribution in [0.5, 0.6) is 0 Å².